The molecule has 0 aliphatic heterocycles. The van der Waals surface area contributed by atoms with Crippen LogP contribution in [0.5, 0.6) is 0 Å². The maximum Gasteiger partial charge on any atom is 0.221 e. The zero-order valence-corrected chi connectivity index (χ0v) is 9.14. The summed E-state index contributed by atoms with van der Waals surface area (Å²) >= 11 is 0. The molecule has 1 rings (SSSR count). The van der Waals surface area contributed by atoms with Gasteiger partial charge in [-0.05, 0) is 12.0 Å². The summed E-state index contributed by atoms with van der Waals surface area (Å²) in [5, 5.41) is 12.3. The quantitative estimate of drug-likeness (QED) is 0.667. The SMILES string of the molecule is CC(C)C(CO)CNc1ccnc(N)n1. The highest BCUT2D eigenvalue weighted by Gasteiger charge is 2.11. The van der Waals surface area contributed by atoms with Crippen molar-refractivity contribution in [1.82, 2.24) is 9.97 Å². The number of nitrogens with zero attached hydrogens (tertiary/aromatic N) is 2. The highest BCUT2D eigenvalue weighted by Crippen LogP contribution is 2.11. The fourth-order valence-electron chi connectivity index (χ4n) is 1.22. The lowest BCUT2D eigenvalue weighted by Gasteiger charge is -2.18. The van der Waals surface area contributed by atoms with Crippen LogP contribution in [0.15, 0.2) is 12.3 Å². The number of rotatable bonds is 5. The third-order valence-electron chi connectivity index (χ3n) is 2.40. The van der Waals surface area contributed by atoms with Gasteiger partial charge in [0.15, 0.2) is 0 Å². The third kappa shape index (κ3) is 3.71. The van der Waals surface area contributed by atoms with Crippen LogP contribution in [0.25, 0.3) is 0 Å². The zero-order chi connectivity index (χ0) is 11.3. The number of nitrogen functional groups attached to an aromatic ring is 1. The largest absolute Gasteiger partial charge is 0.396 e. The van der Waals surface area contributed by atoms with E-state index in [1.165, 1.54) is 0 Å². The first kappa shape index (κ1) is 11.7. The summed E-state index contributed by atoms with van der Waals surface area (Å²) in [6.45, 7) is 5.02. The van der Waals surface area contributed by atoms with Gasteiger partial charge in [0.25, 0.3) is 0 Å². The number of hydrogen-bond acceptors (Lipinski definition) is 5. The number of nitrogens with two attached hydrogens (primary N) is 1. The Bertz CT molecular complexity index is 303. The fraction of sp³-hybridized carbons (Fsp3) is 0.600. The van der Waals surface area contributed by atoms with E-state index in [1.807, 2.05) is 0 Å². The lowest BCUT2D eigenvalue weighted by molar-refractivity contribution is 0.198. The molecule has 0 aliphatic carbocycles. The molecular formula is C10H18N4O. The highest BCUT2D eigenvalue weighted by molar-refractivity contribution is 5.37. The molecule has 1 heterocycles. The molecule has 0 saturated heterocycles. The first-order valence-electron chi connectivity index (χ1n) is 5.06. The Morgan fingerprint density at radius 2 is 2.27 bits per heavy atom. The summed E-state index contributed by atoms with van der Waals surface area (Å²) in [5.41, 5.74) is 5.45. The summed E-state index contributed by atoms with van der Waals surface area (Å²) in [7, 11) is 0. The summed E-state index contributed by atoms with van der Waals surface area (Å²) in [6.07, 6.45) is 1.61. The number of anilines is 2. The lowest BCUT2D eigenvalue weighted by Crippen LogP contribution is -2.23. The van der Waals surface area contributed by atoms with E-state index in [0.29, 0.717) is 18.3 Å². The Morgan fingerprint density at radius 1 is 1.53 bits per heavy atom. The first-order chi connectivity index (χ1) is 7.13. The Balaban J connectivity index is 2.49. The van der Waals surface area contributed by atoms with E-state index < -0.39 is 0 Å². The van der Waals surface area contributed by atoms with E-state index in [9.17, 15) is 0 Å². The standard InChI is InChI=1S/C10H18N4O/c1-7(2)8(6-15)5-13-9-3-4-12-10(11)14-9/h3-4,7-8,15H,5-6H2,1-2H3,(H3,11,12,13,14). The Morgan fingerprint density at radius 3 is 2.80 bits per heavy atom. The van der Waals surface area contributed by atoms with Crippen molar-refractivity contribution in [3.05, 3.63) is 12.3 Å². The third-order valence-corrected chi connectivity index (χ3v) is 2.40. The van der Waals surface area contributed by atoms with E-state index in [-0.39, 0.29) is 18.5 Å². The average molecular weight is 210 g/mol. The van der Waals surface area contributed by atoms with Gasteiger partial charge in [0.2, 0.25) is 5.95 Å². The maximum atomic E-state index is 9.13. The second-order valence-corrected chi connectivity index (χ2v) is 3.87. The predicted molar refractivity (Wildman–Crippen MR) is 60.3 cm³/mol. The summed E-state index contributed by atoms with van der Waals surface area (Å²) < 4.78 is 0. The normalized spacial score (nSPS) is 12.8. The van der Waals surface area contributed by atoms with Crippen LogP contribution < -0.4 is 11.1 Å². The molecule has 0 aliphatic rings. The zero-order valence-electron chi connectivity index (χ0n) is 9.14. The summed E-state index contributed by atoms with van der Waals surface area (Å²) in [5.74, 6) is 1.61. The monoisotopic (exact) mass is 210 g/mol. The van der Waals surface area contributed by atoms with Gasteiger partial charge in [0.1, 0.15) is 5.82 Å². The van der Waals surface area contributed by atoms with Gasteiger partial charge in [-0.25, -0.2) is 4.98 Å². The van der Waals surface area contributed by atoms with E-state index in [2.05, 4.69) is 29.1 Å². The molecule has 4 N–H and O–H groups in total. The van der Waals surface area contributed by atoms with E-state index in [4.69, 9.17) is 10.8 Å². The van der Waals surface area contributed by atoms with Crippen LogP contribution in [-0.2, 0) is 0 Å². The molecule has 0 fully saturated rings. The second kappa shape index (κ2) is 5.50. The molecule has 1 atom stereocenters. The van der Waals surface area contributed by atoms with Gasteiger partial charge < -0.3 is 16.2 Å². The van der Waals surface area contributed by atoms with Gasteiger partial charge >= 0.3 is 0 Å². The molecule has 5 heteroatoms. The van der Waals surface area contributed by atoms with Crippen LogP contribution in [-0.4, -0.2) is 28.2 Å². The number of aliphatic hydroxyl groups is 1. The van der Waals surface area contributed by atoms with Crippen LogP contribution in [0, 0.1) is 11.8 Å². The molecule has 0 amide bonds. The number of nitrogens with one attached hydrogen (secondary N) is 1. The second-order valence-electron chi connectivity index (χ2n) is 3.87. The van der Waals surface area contributed by atoms with Crippen molar-refractivity contribution < 1.29 is 5.11 Å². The van der Waals surface area contributed by atoms with E-state index in [1.54, 1.807) is 12.3 Å². The van der Waals surface area contributed by atoms with E-state index in [0.717, 1.165) is 0 Å². The van der Waals surface area contributed by atoms with Crippen LogP contribution >= 0.6 is 0 Å². The fourth-order valence-corrected chi connectivity index (χ4v) is 1.22. The molecule has 15 heavy (non-hydrogen) atoms. The van der Waals surface area contributed by atoms with Gasteiger partial charge in [-0.15, -0.1) is 0 Å². The summed E-state index contributed by atoms with van der Waals surface area (Å²) in [4.78, 5) is 7.81. The summed E-state index contributed by atoms with van der Waals surface area (Å²) in [6, 6.07) is 1.76. The van der Waals surface area contributed by atoms with Gasteiger partial charge in [-0.2, -0.15) is 4.98 Å². The number of aromatic nitrogens is 2. The Hall–Kier alpha value is -1.36. The molecule has 1 aromatic heterocycles. The lowest BCUT2D eigenvalue weighted by atomic mass is 9.97. The molecule has 84 valence electrons. The minimum Gasteiger partial charge on any atom is -0.396 e. The Kier molecular flexibility index (Phi) is 4.30. The van der Waals surface area contributed by atoms with Crippen molar-refractivity contribution in [3.8, 4) is 0 Å². The predicted octanol–water partition coefficient (Wildman–Crippen LogP) is 0.735. The number of aliphatic hydroxyl groups excluding tert-OH is 1. The minimum absolute atomic E-state index is 0.172. The smallest absolute Gasteiger partial charge is 0.221 e. The van der Waals surface area contributed by atoms with Crippen LogP contribution in [0.3, 0.4) is 0 Å². The maximum absolute atomic E-state index is 9.13. The topological polar surface area (TPSA) is 84.1 Å². The Labute approximate surface area is 89.7 Å². The molecule has 0 radical (unpaired) electrons. The van der Waals surface area contributed by atoms with Crippen LogP contribution in [0.2, 0.25) is 0 Å². The van der Waals surface area contributed by atoms with Gasteiger partial charge in [-0.1, -0.05) is 13.8 Å². The van der Waals surface area contributed by atoms with Crippen molar-refractivity contribution in [3.63, 3.8) is 0 Å². The van der Waals surface area contributed by atoms with E-state index >= 15 is 0 Å². The molecule has 5 nitrogen and oxygen atoms in total. The van der Waals surface area contributed by atoms with Gasteiger partial charge in [0.05, 0.1) is 0 Å². The minimum atomic E-state index is 0.172. The van der Waals surface area contributed by atoms with Crippen molar-refractivity contribution in [2.24, 2.45) is 11.8 Å². The van der Waals surface area contributed by atoms with Crippen molar-refractivity contribution in [2.45, 2.75) is 13.8 Å². The molecule has 0 bridgehead atoms. The van der Waals surface area contributed by atoms with Crippen molar-refractivity contribution in [2.75, 3.05) is 24.2 Å². The molecule has 1 aromatic rings. The number of hydrogen-bond donors (Lipinski definition) is 3. The molecule has 0 spiro atoms. The first-order valence-corrected chi connectivity index (χ1v) is 5.06. The molecule has 1 unspecified atom stereocenters. The highest BCUT2D eigenvalue weighted by atomic mass is 16.3. The molecule has 0 saturated carbocycles. The average Bonchev–Trinajstić information content (AvgIpc) is 2.18. The van der Waals surface area contributed by atoms with Crippen LogP contribution in [0.1, 0.15) is 13.8 Å². The molecule has 0 aromatic carbocycles. The van der Waals surface area contributed by atoms with Gasteiger partial charge in [-0.3, -0.25) is 0 Å². The van der Waals surface area contributed by atoms with Crippen molar-refractivity contribution >= 4 is 11.8 Å². The van der Waals surface area contributed by atoms with Crippen LogP contribution in [0.4, 0.5) is 11.8 Å². The van der Waals surface area contributed by atoms with Gasteiger partial charge in [0, 0.05) is 25.3 Å². The molecular weight excluding hydrogens is 192 g/mol. The van der Waals surface area contributed by atoms with Crippen molar-refractivity contribution in [1.29, 1.82) is 0 Å².